The average Bonchev–Trinajstić information content (AvgIpc) is 2.46. The molecule has 0 aromatic heterocycles. The van der Waals surface area contributed by atoms with Crippen LogP contribution in [0.3, 0.4) is 0 Å². The van der Waals surface area contributed by atoms with E-state index in [0.717, 1.165) is 5.69 Å². The molecule has 1 saturated heterocycles. The number of benzene rings is 1. The minimum Gasteiger partial charge on any atom is -0.389 e. The minimum atomic E-state index is -0.361. The molecule has 108 valence electrons. The van der Waals surface area contributed by atoms with Crippen molar-refractivity contribution in [3.63, 3.8) is 0 Å². The molecule has 5 nitrogen and oxygen atoms in total. The molecule has 3 N–H and O–H groups in total. The number of carbonyl (C=O) groups excluding carboxylic acids is 1. The van der Waals surface area contributed by atoms with E-state index in [4.69, 9.17) is 34.3 Å². The first kappa shape index (κ1) is 15.0. The Morgan fingerprint density at radius 1 is 1.60 bits per heavy atom. The molecule has 0 aliphatic carbocycles. The SMILES string of the molecule is CNC(=O)C1COCCN1c1ccc(C(N)=S)c(Cl)c1. The van der Waals surface area contributed by atoms with E-state index in [-0.39, 0.29) is 16.9 Å². The second kappa shape index (κ2) is 6.39. The Balaban J connectivity index is 2.31. The van der Waals surface area contributed by atoms with Gasteiger partial charge in [-0.1, -0.05) is 23.8 Å². The molecule has 1 aromatic rings. The summed E-state index contributed by atoms with van der Waals surface area (Å²) >= 11 is 11.1. The van der Waals surface area contributed by atoms with Crippen molar-refractivity contribution in [2.45, 2.75) is 6.04 Å². The van der Waals surface area contributed by atoms with Crippen molar-refractivity contribution in [2.75, 3.05) is 31.7 Å². The number of anilines is 1. The second-order valence-electron chi connectivity index (χ2n) is 4.43. The zero-order valence-corrected chi connectivity index (χ0v) is 12.6. The predicted octanol–water partition coefficient (Wildman–Crippen LogP) is 0.925. The largest absolute Gasteiger partial charge is 0.389 e. The highest BCUT2D eigenvalue weighted by atomic mass is 35.5. The molecular weight excluding hydrogens is 298 g/mol. The molecule has 1 unspecified atom stereocenters. The fraction of sp³-hybridized carbons (Fsp3) is 0.385. The summed E-state index contributed by atoms with van der Waals surface area (Å²) in [6.07, 6.45) is 0. The summed E-state index contributed by atoms with van der Waals surface area (Å²) < 4.78 is 5.37. The number of nitrogens with one attached hydrogen (secondary N) is 1. The Morgan fingerprint density at radius 2 is 2.35 bits per heavy atom. The van der Waals surface area contributed by atoms with Gasteiger partial charge < -0.3 is 20.7 Å². The van der Waals surface area contributed by atoms with E-state index in [1.54, 1.807) is 19.2 Å². The molecular formula is C13H16ClN3O2S. The lowest BCUT2D eigenvalue weighted by Crippen LogP contribution is -2.53. The van der Waals surface area contributed by atoms with Crippen molar-refractivity contribution < 1.29 is 9.53 Å². The molecule has 20 heavy (non-hydrogen) atoms. The number of rotatable bonds is 3. The van der Waals surface area contributed by atoms with Gasteiger partial charge in [-0.2, -0.15) is 0 Å². The number of morpholine rings is 1. The topological polar surface area (TPSA) is 67.6 Å². The molecule has 1 aromatic carbocycles. The second-order valence-corrected chi connectivity index (χ2v) is 5.27. The molecule has 0 spiro atoms. The van der Waals surface area contributed by atoms with E-state index in [2.05, 4.69) is 5.32 Å². The summed E-state index contributed by atoms with van der Waals surface area (Å²) in [6.45, 7) is 1.55. The van der Waals surface area contributed by atoms with Crippen LogP contribution < -0.4 is 16.0 Å². The molecule has 1 heterocycles. The normalized spacial score (nSPS) is 18.7. The number of carbonyl (C=O) groups is 1. The van der Waals surface area contributed by atoms with Crippen molar-refractivity contribution >= 4 is 40.4 Å². The Hall–Kier alpha value is -1.37. The molecule has 0 bridgehead atoms. The van der Waals surface area contributed by atoms with E-state index in [0.29, 0.717) is 30.3 Å². The molecule has 7 heteroatoms. The van der Waals surface area contributed by atoms with Crippen LogP contribution in [-0.4, -0.2) is 43.7 Å². The molecule has 0 radical (unpaired) electrons. The Labute approximate surface area is 128 Å². The quantitative estimate of drug-likeness (QED) is 0.813. The van der Waals surface area contributed by atoms with Gasteiger partial charge in [-0.25, -0.2) is 0 Å². The van der Waals surface area contributed by atoms with Crippen LogP contribution in [0.25, 0.3) is 0 Å². The zero-order chi connectivity index (χ0) is 14.7. The van der Waals surface area contributed by atoms with Gasteiger partial charge in [0.2, 0.25) is 5.91 Å². The van der Waals surface area contributed by atoms with E-state index < -0.39 is 0 Å². The van der Waals surface area contributed by atoms with Crippen LogP contribution in [0.5, 0.6) is 0 Å². The number of likely N-dealkylation sites (N-methyl/N-ethyl adjacent to an activating group) is 1. The first-order chi connectivity index (χ1) is 9.54. The standard InChI is InChI=1S/C13H16ClN3O2S/c1-16-13(18)11-7-19-5-4-17(11)8-2-3-9(12(15)20)10(14)6-8/h2-3,6,11H,4-5,7H2,1H3,(H2,15,20)(H,16,18). The zero-order valence-electron chi connectivity index (χ0n) is 11.1. The van der Waals surface area contributed by atoms with E-state index in [9.17, 15) is 4.79 Å². The maximum absolute atomic E-state index is 11.9. The van der Waals surface area contributed by atoms with Gasteiger partial charge in [0.15, 0.2) is 0 Å². The van der Waals surface area contributed by atoms with Crippen molar-refractivity contribution in [3.05, 3.63) is 28.8 Å². The van der Waals surface area contributed by atoms with Gasteiger partial charge in [-0.3, -0.25) is 4.79 Å². The first-order valence-electron chi connectivity index (χ1n) is 6.20. The van der Waals surface area contributed by atoms with Crippen LogP contribution in [0.15, 0.2) is 18.2 Å². The molecule has 1 atom stereocenters. The van der Waals surface area contributed by atoms with Crippen molar-refractivity contribution in [1.29, 1.82) is 0 Å². The van der Waals surface area contributed by atoms with Gasteiger partial charge in [0, 0.05) is 24.8 Å². The summed E-state index contributed by atoms with van der Waals surface area (Å²) in [4.78, 5) is 14.1. The third kappa shape index (κ3) is 3.03. The van der Waals surface area contributed by atoms with Crippen LogP contribution in [0, 0.1) is 0 Å². The maximum atomic E-state index is 11.9. The fourth-order valence-corrected chi connectivity index (χ4v) is 2.69. The number of amides is 1. The van der Waals surface area contributed by atoms with Crippen LogP contribution in [-0.2, 0) is 9.53 Å². The molecule has 1 amide bonds. The molecule has 0 saturated carbocycles. The summed E-state index contributed by atoms with van der Waals surface area (Å²) in [7, 11) is 1.61. The average molecular weight is 314 g/mol. The highest BCUT2D eigenvalue weighted by Crippen LogP contribution is 2.26. The maximum Gasteiger partial charge on any atom is 0.244 e. The highest BCUT2D eigenvalue weighted by molar-refractivity contribution is 7.80. The number of ether oxygens (including phenoxy) is 1. The van der Waals surface area contributed by atoms with Crippen LogP contribution in [0.4, 0.5) is 5.69 Å². The fourth-order valence-electron chi connectivity index (χ4n) is 2.18. The lowest BCUT2D eigenvalue weighted by molar-refractivity contribution is -0.124. The Kier molecular flexibility index (Phi) is 4.80. The number of nitrogens with two attached hydrogens (primary N) is 1. The third-order valence-corrected chi connectivity index (χ3v) is 3.76. The molecule has 1 fully saturated rings. The summed E-state index contributed by atoms with van der Waals surface area (Å²) in [5.74, 6) is -0.0840. The lowest BCUT2D eigenvalue weighted by Gasteiger charge is -2.36. The van der Waals surface area contributed by atoms with Gasteiger partial charge in [-0.15, -0.1) is 0 Å². The highest BCUT2D eigenvalue weighted by Gasteiger charge is 2.29. The van der Waals surface area contributed by atoms with Crippen molar-refractivity contribution in [3.8, 4) is 0 Å². The summed E-state index contributed by atoms with van der Waals surface area (Å²) in [6, 6.07) is 5.05. The number of hydrogen-bond donors (Lipinski definition) is 2. The van der Waals surface area contributed by atoms with Crippen molar-refractivity contribution in [2.24, 2.45) is 5.73 Å². The van der Waals surface area contributed by atoms with E-state index in [1.165, 1.54) is 0 Å². The first-order valence-corrected chi connectivity index (χ1v) is 6.98. The van der Waals surface area contributed by atoms with Crippen LogP contribution in [0.2, 0.25) is 5.02 Å². The summed E-state index contributed by atoms with van der Waals surface area (Å²) in [5.41, 5.74) is 7.08. The monoisotopic (exact) mass is 313 g/mol. The smallest absolute Gasteiger partial charge is 0.244 e. The number of halogens is 1. The third-order valence-electron chi connectivity index (χ3n) is 3.23. The van der Waals surface area contributed by atoms with Crippen LogP contribution in [0.1, 0.15) is 5.56 Å². The van der Waals surface area contributed by atoms with E-state index >= 15 is 0 Å². The minimum absolute atomic E-state index is 0.0840. The Bertz CT molecular complexity index is 538. The van der Waals surface area contributed by atoms with Gasteiger partial charge >= 0.3 is 0 Å². The van der Waals surface area contributed by atoms with Crippen molar-refractivity contribution in [1.82, 2.24) is 5.32 Å². The number of thiocarbonyl (C=S) groups is 1. The summed E-state index contributed by atoms with van der Waals surface area (Å²) in [5, 5.41) is 3.13. The predicted molar refractivity (Wildman–Crippen MR) is 83.4 cm³/mol. The van der Waals surface area contributed by atoms with Gasteiger partial charge in [0.1, 0.15) is 11.0 Å². The molecule has 2 rings (SSSR count). The molecule has 1 aliphatic heterocycles. The molecule has 1 aliphatic rings. The van der Waals surface area contributed by atoms with Crippen LogP contribution >= 0.6 is 23.8 Å². The lowest BCUT2D eigenvalue weighted by atomic mass is 10.1. The number of nitrogens with zero attached hydrogens (tertiary/aromatic N) is 1. The van der Waals surface area contributed by atoms with E-state index in [1.807, 2.05) is 11.0 Å². The Morgan fingerprint density at radius 3 is 2.95 bits per heavy atom. The van der Waals surface area contributed by atoms with Gasteiger partial charge in [-0.05, 0) is 18.2 Å². The number of hydrogen-bond acceptors (Lipinski definition) is 4. The van der Waals surface area contributed by atoms with Gasteiger partial charge in [0.05, 0.1) is 18.2 Å². The van der Waals surface area contributed by atoms with Gasteiger partial charge in [0.25, 0.3) is 0 Å².